The van der Waals surface area contributed by atoms with Gasteiger partial charge in [0, 0.05) is 15.5 Å². The summed E-state index contributed by atoms with van der Waals surface area (Å²) in [6.45, 7) is 3.75. The molecule has 0 aliphatic carbocycles. The van der Waals surface area contributed by atoms with E-state index in [1.54, 1.807) is 41.1 Å². The second-order valence-electron chi connectivity index (χ2n) is 5.06. The highest BCUT2D eigenvalue weighted by atomic mass is 35.5. The molecule has 0 aliphatic heterocycles. The Bertz CT molecular complexity index is 934. The highest BCUT2D eigenvalue weighted by Crippen LogP contribution is 2.38. The summed E-state index contributed by atoms with van der Waals surface area (Å²) in [5.74, 6) is 0.0227. The van der Waals surface area contributed by atoms with E-state index >= 15 is 0 Å². The molecule has 24 heavy (non-hydrogen) atoms. The van der Waals surface area contributed by atoms with Crippen molar-refractivity contribution in [3.8, 4) is 22.1 Å². The van der Waals surface area contributed by atoms with Gasteiger partial charge in [0.2, 0.25) is 5.88 Å². The number of ether oxygens (including phenoxy) is 1. The number of carbonyl (C=O) groups is 1. The van der Waals surface area contributed by atoms with Crippen LogP contribution in [0.2, 0.25) is 10.0 Å². The van der Waals surface area contributed by atoms with E-state index in [0.717, 1.165) is 15.4 Å². The minimum absolute atomic E-state index is 0.0227. The van der Waals surface area contributed by atoms with Crippen LogP contribution in [0.1, 0.15) is 10.4 Å². The number of hydrogen-bond donors (Lipinski definition) is 1. The van der Waals surface area contributed by atoms with Gasteiger partial charge in [-0.05, 0) is 44.2 Å². The van der Waals surface area contributed by atoms with Crippen molar-refractivity contribution in [1.82, 2.24) is 9.78 Å². The van der Waals surface area contributed by atoms with Crippen molar-refractivity contribution in [2.75, 3.05) is 0 Å². The molecule has 0 amide bonds. The molecular formula is C16H12Cl2N2O3S. The van der Waals surface area contributed by atoms with Gasteiger partial charge in [0.15, 0.2) is 0 Å². The fourth-order valence-corrected chi connectivity index (χ4v) is 3.78. The van der Waals surface area contributed by atoms with Crippen LogP contribution in [-0.2, 0) is 0 Å². The quantitative estimate of drug-likeness (QED) is 0.600. The van der Waals surface area contributed by atoms with Gasteiger partial charge >= 0.3 is 6.16 Å². The molecule has 1 N–H and O–H groups in total. The summed E-state index contributed by atoms with van der Waals surface area (Å²) < 4.78 is 6.38. The van der Waals surface area contributed by atoms with Crippen molar-refractivity contribution in [2.24, 2.45) is 0 Å². The lowest BCUT2D eigenvalue weighted by Gasteiger charge is -2.09. The summed E-state index contributed by atoms with van der Waals surface area (Å²) >= 11 is 13.8. The van der Waals surface area contributed by atoms with E-state index in [-0.39, 0.29) is 5.88 Å². The summed E-state index contributed by atoms with van der Waals surface area (Å²) in [5, 5.41) is 14.1. The van der Waals surface area contributed by atoms with Gasteiger partial charge in [0.1, 0.15) is 0 Å². The van der Waals surface area contributed by atoms with Crippen LogP contribution in [0.5, 0.6) is 5.88 Å². The van der Waals surface area contributed by atoms with Crippen LogP contribution in [0.3, 0.4) is 0 Å². The second kappa shape index (κ2) is 6.47. The maximum atomic E-state index is 10.9. The van der Waals surface area contributed by atoms with Gasteiger partial charge in [-0.25, -0.2) is 9.48 Å². The summed E-state index contributed by atoms with van der Waals surface area (Å²) in [6, 6.07) is 8.97. The predicted octanol–water partition coefficient (Wildman–Crippen LogP) is 5.58. The molecule has 0 fully saturated rings. The zero-order chi connectivity index (χ0) is 17.4. The highest BCUT2D eigenvalue weighted by Gasteiger charge is 2.22. The van der Waals surface area contributed by atoms with Crippen LogP contribution < -0.4 is 4.74 Å². The Morgan fingerprint density at radius 1 is 1.25 bits per heavy atom. The van der Waals surface area contributed by atoms with Crippen molar-refractivity contribution < 1.29 is 14.6 Å². The Kier molecular flexibility index (Phi) is 4.54. The molecule has 8 heteroatoms. The lowest BCUT2D eigenvalue weighted by molar-refractivity contribution is 0.142. The first-order valence-electron chi connectivity index (χ1n) is 6.89. The molecule has 2 heterocycles. The average molecular weight is 383 g/mol. The number of thiophene rings is 1. The van der Waals surface area contributed by atoms with Crippen LogP contribution in [0.15, 0.2) is 30.3 Å². The molecule has 0 aliphatic rings. The third kappa shape index (κ3) is 3.13. The fraction of sp³-hybridized carbons (Fsp3) is 0.125. The first-order chi connectivity index (χ1) is 11.4. The van der Waals surface area contributed by atoms with E-state index in [2.05, 4.69) is 5.10 Å². The van der Waals surface area contributed by atoms with Gasteiger partial charge in [-0.1, -0.05) is 23.2 Å². The topological polar surface area (TPSA) is 64.3 Å². The van der Waals surface area contributed by atoms with Crippen LogP contribution in [0, 0.1) is 13.8 Å². The smallest absolute Gasteiger partial charge is 0.449 e. The van der Waals surface area contributed by atoms with Gasteiger partial charge in [-0.3, -0.25) is 0 Å². The number of carboxylic acid groups (broad SMARTS) is 1. The van der Waals surface area contributed by atoms with Crippen molar-refractivity contribution in [3.63, 3.8) is 0 Å². The number of halogens is 2. The first kappa shape index (κ1) is 16.8. The van der Waals surface area contributed by atoms with Gasteiger partial charge in [0.25, 0.3) is 0 Å². The third-order valence-corrected chi connectivity index (χ3v) is 4.92. The summed E-state index contributed by atoms with van der Waals surface area (Å²) in [5.41, 5.74) is 1.93. The molecule has 3 rings (SSSR count). The largest absolute Gasteiger partial charge is 0.512 e. The molecule has 0 saturated carbocycles. The first-order valence-corrected chi connectivity index (χ1v) is 8.46. The summed E-state index contributed by atoms with van der Waals surface area (Å²) in [7, 11) is 0. The monoisotopic (exact) mass is 382 g/mol. The van der Waals surface area contributed by atoms with Crippen molar-refractivity contribution in [1.29, 1.82) is 0 Å². The number of nitrogens with zero attached hydrogens (tertiary/aromatic N) is 2. The maximum Gasteiger partial charge on any atom is 0.512 e. The SMILES string of the molecule is Cc1ccc(-c2c(C)c(OC(=O)O)nn2-c2ccc(Cl)cc2Cl)s1. The van der Waals surface area contributed by atoms with E-state index in [1.807, 2.05) is 19.1 Å². The molecule has 0 saturated heterocycles. The van der Waals surface area contributed by atoms with E-state index in [4.69, 9.17) is 33.0 Å². The summed E-state index contributed by atoms with van der Waals surface area (Å²) in [4.78, 5) is 13.0. The molecule has 3 aromatic rings. The van der Waals surface area contributed by atoms with Crippen LogP contribution in [0.4, 0.5) is 4.79 Å². The van der Waals surface area contributed by atoms with E-state index < -0.39 is 6.16 Å². The average Bonchev–Trinajstić information content (AvgIpc) is 3.03. The molecule has 2 aromatic heterocycles. The molecule has 5 nitrogen and oxygen atoms in total. The lowest BCUT2D eigenvalue weighted by Crippen LogP contribution is -2.05. The van der Waals surface area contributed by atoms with E-state index in [9.17, 15) is 4.79 Å². The van der Waals surface area contributed by atoms with Gasteiger partial charge < -0.3 is 9.84 Å². The predicted molar refractivity (Wildman–Crippen MR) is 95.0 cm³/mol. The third-order valence-electron chi connectivity index (χ3n) is 3.37. The number of aromatic nitrogens is 2. The maximum absolute atomic E-state index is 10.9. The molecular weight excluding hydrogens is 371 g/mol. The molecule has 0 atom stereocenters. The Labute approximate surface area is 152 Å². The van der Waals surface area contributed by atoms with Crippen LogP contribution in [-0.4, -0.2) is 21.0 Å². The Morgan fingerprint density at radius 2 is 2.00 bits per heavy atom. The van der Waals surface area contributed by atoms with Gasteiger partial charge in [-0.2, -0.15) is 0 Å². The Morgan fingerprint density at radius 3 is 2.58 bits per heavy atom. The van der Waals surface area contributed by atoms with Crippen LogP contribution >= 0.6 is 34.5 Å². The Balaban J connectivity index is 2.25. The molecule has 1 aromatic carbocycles. The molecule has 0 bridgehead atoms. The van der Waals surface area contributed by atoms with Gasteiger partial charge in [0.05, 0.1) is 21.3 Å². The molecule has 0 radical (unpaired) electrons. The normalized spacial score (nSPS) is 10.8. The number of rotatable bonds is 3. The van der Waals surface area contributed by atoms with Crippen molar-refractivity contribution in [3.05, 3.63) is 50.8 Å². The number of hydrogen-bond acceptors (Lipinski definition) is 4. The highest BCUT2D eigenvalue weighted by molar-refractivity contribution is 7.15. The second-order valence-corrected chi connectivity index (χ2v) is 7.20. The van der Waals surface area contributed by atoms with E-state index in [1.165, 1.54) is 0 Å². The fourth-order valence-electron chi connectivity index (χ4n) is 2.33. The van der Waals surface area contributed by atoms with Crippen molar-refractivity contribution in [2.45, 2.75) is 13.8 Å². The van der Waals surface area contributed by atoms with Gasteiger partial charge in [-0.15, -0.1) is 16.4 Å². The number of benzene rings is 1. The minimum Gasteiger partial charge on any atom is -0.449 e. The molecule has 0 spiro atoms. The number of aryl methyl sites for hydroxylation is 1. The Hall–Kier alpha value is -2.02. The molecule has 124 valence electrons. The molecule has 0 unspecified atom stereocenters. The van der Waals surface area contributed by atoms with Crippen molar-refractivity contribution >= 4 is 40.7 Å². The summed E-state index contributed by atoms with van der Waals surface area (Å²) in [6.07, 6.45) is -1.42. The van der Waals surface area contributed by atoms with E-state index in [0.29, 0.717) is 21.3 Å². The minimum atomic E-state index is -1.42. The zero-order valence-electron chi connectivity index (χ0n) is 12.7. The van der Waals surface area contributed by atoms with Crippen LogP contribution in [0.25, 0.3) is 16.3 Å². The lowest BCUT2D eigenvalue weighted by atomic mass is 10.2. The zero-order valence-corrected chi connectivity index (χ0v) is 15.0. The standard InChI is InChI=1S/C16H12Cl2N2O3S/c1-8-3-6-13(24-8)14-9(2)15(23-16(21)22)19-20(14)12-5-4-10(17)7-11(12)18/h3-7H,1-2H3,(H,21,22).